The maximum atomic E-state index is 6.10. The molecule has 0 unspecified atom stereocenters. The molecule has 0 spiro atoms. The first-order valence-electron chi connectivity index (χ1n) is 6.26. The van der Waals surface area contributed by atoms with Crippen LogP contribution in [0.3, 0.4) is 0 Å². The molecule has 4 nitrogen and oxygen atoms in total. The number of fused-ring (bicyclic) bond motifs is 1. The minimum atomic E-state index is 0. The number of nitrogens with two attached hydrogens (primary N) is 1. The lowest BCUT2D eigenvalue weighted by Gasteiger charge is -2.17. The average Bonchev–Trinajstić information content (AvgIpc) is 2.97. The number of nitrogens with zero attached hydrogens (tertiary/aromatic N) is 1. The molecule has 0 amide bonds. The molecule has 2 aliphatic heterocycles. The van der Waals surface area contributed by atoms with Crippen molar-refractivity contribution >= 4 is 24.0 Å². The Balaban J connectivity index is 0.00000133. The maximum Gasteiger partial charge on any atom is 0.231 e. The normalized spacial score (nSPS) is 21.5. The summed E-state index contributed by atoms with van der Waals surface area (Å²) in [6.07, 6.45) is 1.18. The summed E-state index contributed by atoms with van der Waals surface area (Å²) in [5.74, 6) is 2.22. The quantitative estimate of drug-likeness (QED) is 0.930. The van der Waals surface area contributed by atoms with Gasteiger partial charge in [-0.2, -0.15) is 0 Å². The third kappa shape index (κ3) is 3.08. The number of hydrogen-bond donors (Lipinski definition) is 1. The Hall–Kier alpha value is -0.680. The topological polar surface area (TPSA) is 47.7 Å². The molecule has 2 aliphatic rings. The molecule has 1 aromatic carbocycles. The maximum absolute atomic E-state index is 6.10. The summed E-state index contributed by atoms with van der Waals surface area (Å²) in [4.78, 5) is 2.39. The molecule has 0 radical (unpaired) electrons. The molecule has 6 heteroatoms. The second-order valence-corrected chi connectivity index (χ2v) is 5.36. The fourth-order valence-electron chi connectivity index (χ4n) is 2.65. The van der Waals surface area contributed by atoms with Crippen molar-refractivity contribution in [3.8, 4) is 11.5 Å². The van der Waals surface area contributed by atoms with E-state index in [1.807, 2.05) is 6.07 Å². The van der Waals surface area contributed by atoms with Crippen molar-refractivity contribution < 1.29 is 9.47 Å². The van der Waals surface area contributed by atoms with E-state index in [2.05, 4.69) is 4.90 Å². The highest BCUT2D eigenvalue weighted by molar-refractivity contribution is 6.30. The van der Waals surface area contributed by atoms with Crippen LogP contribution in [0.25, 0.3) is 0 Å². The van der Waals surface area contributed by atoms with Crippen molar-refractivity contribution in [3.05, 3.63) is 22.7 Å². The Labute approximate surface area is 124 Å². The molecule has 0 bridgehead atoms. The summed E-state index contributed by atoms with van der Waals surface area (Å²) in [6.45, 7) is 4.04. The third-order valence-corrected chi connectivity index (χ3v) is 3.83. The van der Waals surface area contributed by atoms with Gasteiger partial charge in [0.05, 0.1) is 0 Å². The Morgan fingerprint density at radius 2 is 2.21 bits per heavy atom. The van der Waals surface area contributed by atoms with Crippen molar-refractivity contribution in [1.82, 2.24) is 4.90 Å². The summed E-state index contributed by atoms with van der Waals surface area (Å²) in [7, 11) is 0. The molecular weight excluding hydrogens is 287 g/mol. The molecule has 106 valence electrons. The highest BCUT2D eigenvalue weighted by Crippen LogP contribution is 2.39. The van der Waals surface area contributed by atoms with E-state index in [4.69, 9.17) is 26.8 Å². The highest BCUT2D eigenvalue weighted by atomic mass is 35.5. The zero-order chi connectivity index (χ0) is 12.5. The summed E-state index contributed by atoms with van der Waals surface area (Å²) in [5.41, 5.74) is 6.82. The number of benzene rings is 1. The van der Waals surface area contributed by atoms with Crippen LogP contribution in [0.1, 0.15) is 12.0 Å². The standard InChI is InChI=1S/C13H17ClN2O2.ClH/c14-11-3-10(13-12(4-11)17-8-18-13)7-16-2-1-9(5-15)6-16;/h3-4,9H,1-2,5-8,15H2;1H/t9-;/m0./s1. The SMILES string of the molecule is Cl.NC[C@@H]1CCN(Cc2cc(Cl)cc3c2OCO3)C1. The molecule has 1 saturated heterocycles. The van der Waals surface area contributed by atoms with Crippen LogP contribution in [0.2, 0.25) is 5.02 Å². The van der Waals surface area contributed by atoms with Gasteiger partial charge in [-0.1, -0.05) is 11.6 Å². The van der Waals surface area contributed by atoms with Crippen molar-refractivity contribution in [2.45, 2.75) is 13.0 Å². The molecule has 1 aromatic rings. The van der Waals surface area contributed by atoms with E-state index in [-0.39, 0.29) is 19.2 Å². The van der Waals surface area contributed by atoms with Crippen LogP contribution in [-0.4, -0.2) is 31.3 Å². The number of ether oxygens (including phenoxy) is 2. The first-order valence-corrected chi connectivity index (χ1v) is 6.64. The van der Waals surface area contributed by atoms with Gasteiger partial charge in [0.15, 0.2) is 11.5 Å². The molecule has 1 atom stereocenters. The Morgan fingerprint density at radius 3 is 2.95 bits per heavy atom. The minimum Gasteiger partial charge on any atom is -0.454 e. The van der Waals surface area contributed by atoms with Gasteiger partial charge in [-0.15, -0.1) is 12.4 Å². The van der Waals surface area contributed by atoms with E-state index in [1.54, 1.807) is 6.07 Å². The fraction of sp³-hybridized carbons (Fsp3) is 0.538. The number of halogens is 2. The molecule has 2 heterocycles. The van der Waals surface area contributed by atoms with Gasteiger partial charge in [0.25, 0.3) is 0 Å². The van der Waals surface area contributed by atoms with Crippen LogP contribution in [0.5, 0.6) is 11.5 Å². The molecule has 19 heavy (non-hydrogen) atoms. The first-order chi connectivity index (χ1) is 8.76. The van der Waals surface area contributed by atoms with Gasteiger partial charge in [0.2, 0.25) is 6.79 Å². The van der Waals surface area contributed by atoms with Crippen LogP contribution >= 0.6 is 24.0 Å². The Kier molecular flexibility index (Phi) is 4.79. The summed E-state index contributed by atoms with van der Waals surface area (Å²) >= 11 is 6.10. The van der Waals surface area contributed by atoms with Gasteiger partial charge in [0.1, 0.15) is 0 Å². The minimum absolute atomic E-state index is 0. The third-order valence-electron chi connectivity index (χ3n) is 3.61. The molecule has 0 aromatic heterocycles. The molecule has 0 saturated carbocycles. The first kappa shape index (κ1) is 14.7. The van der Waals surface area contributed by atoms with Gasteiger partial charge in [0, 0.05) is 29.7 Å². The monoisotopic (exact) mass is 304 g/mol. The van der Waals surface area contributed by atoms with Crippen LogP contribution in [-0.2, 0) is 6.54 Å². The van der Waals surface area contributed by atoms with Crippen molar-refractivity contribution in [3.63, 3.8) is 0 Å². The zero-order valence-electron chi connectivity index (χ0n) is 10.6. The zero-order valence-corrected chi connectivity index (χ0v) is 12.2. The summed E-state index contributed by atoms with van der Waals surface area (Å²) < 4.78 is 10.9. The van der Waals surface area contributed by atoms with Gasteiger partial charge in [-0.05, 0) is 31.5 Å². The van der Waals surface area contributed by atoms with Crippen molar-refractivity contribution in [2.24, 2.45) is 11.7 Å². The predicted molar refractivity (Wildman–Crippen MR) is 77.3 cm³/mol. The van der Waals surface area contributed by atoms with Crippen molar-refractivity contribution in [1.29, 1.82) is 0 Å². The second-order valence-electron chi connectivity index (χ2n) is 4.92. The lowest BCUT2D eigenvalue weighted by atomic mass is 10.1. The van der Waals surface area contributed by atoms with E-state index in [9.17, 15) is 0 Å². The van der Waals surface area contributed by atoms with E-state index in [0.717, 1.165) is 43.2 Å². The molecule has 3 rings (SSSR count). The van der Waals surface area contributed by atoms with E-state index in [1.165, 1.54) is 6.42 Å². The van der Waals surface area contributed by atoms with Crippen LogP contribution in [0.15, 0.2) is 12.1 Å². The Bertz CT molecular complexity index is 457. The molecular formula is C13H18Cl2N2O2. The van der Waals surface area contributed by atoms with E-state index < -0.39 is 0 Å². The van der Waals surface area contributed by atoms with Gasteiger partial charge < -0.3 is 15.2 Å². The van der Waals surface area contributed by atoms with Gasteiger partial charge in [-0.3, -0.25) is 4.90 Å². The number of hydrogen-bond acceptors (Lipinski definition) is 4. The van der Waals surface area contributed by atoms with Crippen LogP contribution in [0.4, 0.5) is 0 Å². The Morgan fingerprint density at radius 1 is 1.37 bits per heavy atom. The summed E-state index contributed by atoms with van der Waals surface area (Å²) in [6, 6.07) is 3.77. The largest absolute Gasteiger partial charge is 0.454 e. The second kappa shape index (κ2) is 6.18. The number of rotatable bonds is 3. The van der Waals surface area contributed by atoms with Crippen molar-refractivity contribution in [2.75, 3.05) is 26.4 Å². The average molecular weight is 305 g/mol. The molecule has 2 N–H and O–H groups in total. The summed E-state index contributed by atoms with van der Waals surface area (Å²) in [5, 5.41) is 0.698. The molecule has 1 fully saturated rings. The van der Waals surface area contributed by atoms with Gasteiger partial charge >= 0.3 is 0 Å². The molecule has 0 aliphatic carbocycles. The van der Waals surface area contributed by atoms with Crippen LogP contribution < -0.4 is 15.2 Å². The van der Waals surface area contributed by atoms with E-state index >= 15 is 0 Å². The smallest absolute Gasteiger partial charge is 0.231 e. The van der Waals surface area contributed by atoms with Gasteiger partial charge in [-0.25, -0.2) is 0 Å². The lowest BCUT2D eigenvalue weighted by molar-refractivity contribution is 0.172. The van der Waals surface area contributed by atoms with Crippen LogP contribution in [0, 0.1) is 5.92 Å². The predicted octanol–water partition coefficient (Wildman–Crippen LogP) is 2.27. The fourth-order valence-corrected chi connectivity index (χ4v) is 2.88. The lowest BCUT2D eigenvalue weighted by Crippen LogP contribution is -2.22. The van der Waals surface area contributed by atoms with E-state index in [0.29, 0.717) is 10.9 Å². The number of likely N-dealkylation sites (tertiary alicyclic amines) is 1. The highest BCUT2D eigenvalue weighted by Gasteiger charge is 2.25.